The Labute approximate surface area is 118 Å². The highest BCUT2D eigenvalue weighted by atomic mass is 19.1. The van der Waals surface area contributed by atoms with Gasteiger partial charge in [0.05, 0.1) is 5.92 Å². The van der Waals surface area contributed by atoms with Crippen LogP contribution in [0.25, 0.3) is 0 Å². The van der Waals surface area contributed by atoms with Crippen molar-refractivity contribution in [3.05, 3.63) is 35.1 Å². The second kappa shape index (κ2) is 6.33. The van der Waals surface area contributed by atoms with Crippen molar-refractivity contribution in [1.29, 1.82) is 0 Å². The Hall–Kier alpha value is -1.46. The topological polar surface area (TPSA) is 72.4 Å². The molecular weight excluding hydrogens is 257 g/mol. The van der Waals surface area contributed by atoms with Crippen LogP contribution < -0.4 is 11.5 Å². The lowest BCUT2D eigenvalue weighted by Gasteiger charge is -2.37. The van der Waals surface area contributed by atoms with Crippen molar-refractivity contribution in [2.45, 2.75) is 38.9 Å². The number of hydrogen-bond acceptors (Lipinski definition) is 3. The Morgan fingerprint density at radius 3 is 2.85 bits per heavy atom. The lowest BCUT2D eigenvalue weighted by molar-refractivity contribution is -0.124. The van der Waals surface area contributed by atoms with Crippen LogP contribution in [0.5, 0.6) is 0 Å². The van der Waals surface area contributed by atoms with Gasteiger partial charge in [-0.25, -0.2) is 4.39 Å². The molecule has 4 nitrogen and oxygen atoms in total. The van der Waals surface area contributed by atoms with Crippen LogP contribution >= 0.6 is 0 Å². The molecule has 4 N–H and O–H groups in total. The van der Waals surface area contributed by atoms with Crippen molar-refractivity contribution < 1.29 is 9.18 Å². The molecule has 20 heavy (non-hydrogen) atoms. The van der Waals surface area contributed by atoms with Gasteiger partial charge < -0.3 is 11.5 Å². The van der Waals surface area contributed by atoms with Crippen molar-refractivity contribution in [3.63, 3.8) is 0 Å². The summed E-state index contributed by atoms with van der Waals surface area (Å²) in [7, 11) is 0. The van der Waals surface area contributed by atoms with Crippen molar-refractivity contribution in [3.8, 4) is 0 Å². The minimum Gasteiger partial charge on any atom is -0.369 e. The van der Waals surface area contributed by atoms with E-state index in [1.54, 1.807) is 12.1 Å². The third-order valence-electron chi connectivity index (χ3n) is 4.13. The summed E-state index contributed by atoms with van der Waals surface area (Å²) in [6.45, 7) is 3.70. The molecule has 2 rings (SSSR count). The molecule has 1 aliphatic rings. The fourth-order valence-corrected chi connectivity index (χ4v) is 2.75. The van der Waals surface area contributed by atoms with Gasteiger partial charge >= 0.3 is 0 Å². The highest BCUT2D eigenvalue weighted by Gasteiger charge is 2.28. The van der Waals surface area contributed by atoms with Gasteiger partial charge in [-0.1, -0.05) is 12.1 Å². The van der Waals surface area contributed by atoms with Gasteiger partial charge in [-0.15, -0.1) is 0 Å². The number of nitrogens with zero attached hydrogens (tertiary/aromatic N) is 1. The zero-order chi connectivity index (χ0) is 14.7. The van der Waals surface area contributed by atoms with E-state index in [1.807, 2.05) is 0 Å². The molecule has 110 valence electrons. The van der Waals surface area contributed by atoms with Gasteiger partial charge in [0.2, 0.25) is 5.91 Å². The van der Waals surface area contributed by atoms with Crippen LogP contribution in [0.3, 0.4) is 0 Å². The van der Waals surface area contributed by atoms with Crippen LogP contribution in [-0.4, -0.2) is 23.4 Å². The summed E-state index contributed by atoms with van der Waals surface area (Å²) in [4.78, 5) is 13.6. The van der Waals surface area contributed by atoms with Crippen LogP contribution in [0.4, 0.5) is 4.39 Å². The highest BCUT2D eigenvalue weighted by Crippen LogP contribution is 2.24. The number of hydrogen-bond donors (Lipinski definition) is 2. The summed E-state index contributed by atoms with van der Waals surface area (Å²) in [5, 5.41) is 0. The number of nitrogens with two attached hydrogens (primary N) is 2. The van der Waals surface area contributed by atoms with E-state index >= 15 is 0 Å². The summed E-state index contributed by atoms with van der Waals surface area (Å²) in [5.74, 6) is -0.581. The van der Waals surface area contributed by atoms with E-state index in [0.29, 0.717) is 24.7 Å². The molecule has 0 aliphatic carbocycles. The average Bonchev–Trinajstić information content (AvgIpc) is 2.43. The lowest BCUT2D eigenvalue weighted by Crippen LogP contribution is -2.45. The first-order chi connectivity index (χ1) is 9.51. The predicted octanol–water partition coefficient (Wildman–Crippen LogP) is 1.37. The first kappa shape index (κ1) is 14.9. The van der Waals surface area contributed by atoms with Crippen molar-refractivity contribution in [2.24, 2.45) is 17.4 Å². The predicted molar refractivity (Wildman–Crippen MR) is 76.1 cm³/mol. The lowest BCUT2D eigenvalue weighted by atomic mass is 9.92. The van der Waals surface area contributed by atoms with E-state index in [2.05, 4.69) is 11.8 Å². The van der Waals surface area contributed by atoms with Crippen LogP contribution in [0.2, 0.25) is 0 Å². The molecule has 1 heterocycles. The fraction of sp³-hybridized carbons (Fsp3) is 0.533. The summed E-state index contributed by atoms with van der Waals surface area (Å²) in [5.41, 5.74) is 12.5. The van der Waals surface area contributed by atoms with Gasteiger partial charge in [-0.05, 0) is 31.4 Å². The monoisotopic (exact) mass is 279 g/mol. The smallest absolute Gasteiger partial charge is 0.221 e. The van der Waals surface area contributed by atoms with Gasteiger partial charge in [0, 0.05) is 31.2 Å². The molecule has 1 fully saturated rings. The number of halogens is 1. The number of primary amides is 1. The third kappa shape index (κ3) is 3.35. The molecule has 1 amide bonds. The van der Waals surface area contributed by atoms with E-state index in [4.69, 9.17) is 11.5 Å². The molecule has 2 unspecified atom stereocenters. The maximum atomic E-state index is 13.4. The van der Waals surface area contributed by atoms with Gasteiger partial charge in [-0.2, -0.15) is 0 Å². The van der Waals surface area contributed by atoms with Crippen molar-refractivity contribution >= 4 is 5.91 Å². The van der Waals surface area contributed by atoms with E-state index in [1.165, 1.54) is 6.07 Å². The zero-order valence-electron chi connectivity index (χ0n) is 11.8. The molecule has 0 radical (unpaired) electrons. The van der Waals surface area contributed by atoms with E-state index in [0.717, 1.165) is 18.4 Å². The molecule has 5 heteroatoms. The molecule has 1 saturated heterocycles. The SMILES string of the molecule is CC1CCC(C(N)=O)CN1Cc1ccc(F)c(CN)c1. The molecule has 0 saturated carbocycles. The minimum atomic E-state index is -0.266. The Morgan fingerprint density at radius 1 is 1.45 bits per heavy atom. The van der Waals surface area contributed by atoms with Crippen LogP contribution in [0, 0.1) is 11.7 Å². The summed E-state index contributed by atoms with van der Waals surface area (Å²) in [6, 6.07) is 5.43. The van der Waals surface area contributed by atoms with Crippen molar-refractivity contribution in [1.82, 2.24) is 4.90 Å². The minimum absolute atomic E-state index is 0.0828. The Bertz CT molecular complexity index is 492. The van der Waals surface area contributed by atoms with Crippen molar-refractivity contribution in [2.75, 3.05) is 6.54 Å². The number of carbonyl (C=O) groups is 1. The Balaban J connectivity index is 2.09. The molecular formula is C15H22FN3O. The summed E-state index contributed by atoms with van der Waals surface area (Å²) >= 11 is 0. The van der Waals surface area contributed by atoms with Gasteiger partial charge in [0.25, 0.3) is 0 Å². The largest absolute Gasteiger partial charge is 0.369 e. The van der Waals surface area contributed by atoms with Gasteiger partial charge in [-0.3, -0.25) is 9.69 Å². The fourth-order valence-electron chi connectivity index (χ4n) is 2.75. The van der Waals surface area contributed by atoms with Gasteiger partial charge in [0.15, 0.2) is 0 Å². The Morgan fingerprint density at radius 2 is 2.20 bits per heavy atom. The second-order valence-electron chi connectivity index (χ2n) is 5.58. The third-order valence-corrected chi connectivity index (χ3v) is 4.13. The average molecular weight is 279 g/mol. The maximum absolute atomic E-state index is 13.4. The molecule has 2 atom stereocenters. The number of rotatable bonds is 4. The van der Waals surface area contributed by atoms with Crippen LogP contribution in [0.1, 0.15) is 30.9 Å². The molecule has 0 spiro atoms. The number of piperidine rings is 1. The normalized spacial score (nSPS) is 23.8. The van der Waals surface area contributed by atoms with E-state index in [9.17, 15) is 9.18 Å². The molecule has 0 aromatic heterocycles. The zero-order valence-corrected chi connectivity index (χ0v) is 11.8. The molecule has 1 aromatic carbocycles. The molecule has 1 aromatic rings. The number of likely N-dealkylation sites (tertiary alicyclic amines) is 1. The van der Waals surface area contributed by atoms with Crippen LogP contribution in [-0.2, 0) is 17.9 Å². The molecule has 1 aliphatic heterocycles. The van der Waals surface area contributed by atoms with Crippen LogP contribution in [0.15, 0.2) is 18.2 Å². The van der Waals surface area contributed by atoms with Gasteiger partial charge in [0.1, 0.15) is 5.82 Å². The number of amides is 1. The first-order valence-electron chi connectivity index (χ1n) is 7.02. The Kier molecular flexibility index (Phi) is 4.73. The highest BCUT2D eigenvalue weighted by molar-refractivity contribution is 5.76. The first-order valence-corrected chi connectivity index (χ1v) is 7.02. The standard InChI is InChI=1S/C15H22FN3O/c1-10-2-4-12(15(18)20)9-19(10)8-11-3-5-14(16)13(6-11)7-17/h3,5-6,10,12H,2,4,7-9,17H2,1H3,(H2,18,20). The molecule has 0 bridgehead atoms. The summed E-state index contributed by atoms with van der Waals surface area (Å²) < 4.78 is 13.4. The maximum Gasteiger partial charge on any atom is 0.221 e. The van der Waals surface area contributed by atoms with E-state index in [-0.39, 0.29) is 24.2 Å². The second-order valence-corrected chi connectivity index (χ2v) is 5.58. The summed E-state index contributed by atoms with van der Waals surface area (Å²) in [6.07, 6.45) is 1.81. The van der Waals surface area contributed by atoms with E-state index < -0.39 is 0 Å². The number of benzene rings is 1. The quantitative estimate of drug-likeness (QED) is 0.874. The number of carbonyl (C=O) groups excluding carboxylic acids is 1.